The molecule has 114 valence electrons. The van der Waals surface area contributed by atoms with Crippen molar-refractivity contribution < 1.29 is 19.4 Å². The summed E-state index contributed by atoms with van der Waals surface area (Å²) in [5, 5.41) is 9.73. The molecule has 1 fully saturated rings. The van der Waals surface area contributed by atoms with Crippen LogP contribution in [0.5, 0.6) is 0 Å². The summed E-state index contributed by atoms with van der Waals surface area (Å²) in [6, 6.07) is 8.69. The summed E-state index contributed by atoms with van der Waals surface area (Å²) in [5.74, 6) is -0.794. The highest BCUT2D eigenvalue weighted by Crippen LogP contribution is 2.22. The molecule has 1 aromatic carbocycles. The van der Waals surface area contributed by atoms with E-state index in [0.29, 0.717) is 0 Å². The van der Waals surface area contributed by atoms with Gasteiger partial charge in [0, 0.05) is 18.9 Å². The molecule has 0 saturated carbocycles. The van der Waals surface area contributed by atoms with Gasteiger partial charge in [-0.3, -0.25) is 4.79 Å². The third-order valence-corrected chi connectivity index (χ3v) is 3.55. The van der Waals surface area contributed by atoms with Crippen LogP contribution in [-0.4, -0.2) is 40.6 Å². The maximum Gasteiger partial charge on any atom is 0.329 e. The van der Waals surface area contributed by atoms with Gasteiger partial charge in [0.1, 0.15) is 12.6 Å². The highest BCUT2D eigenvalue weighted by Gasteiger charge is 2.40. The average molecular weight is 291 g/mol. The molecule has 1 aliphatic heterocycles. The first-order valence-electron chi connectivity index (χ1n) is 7.18. The van der Waals surface area contributed by atoms with Crippen molar-refractivity contribution in [3.05, 3.63) is 35.9 Å². The third-order valence-electron chi connectivity index (χ3n) is 3.55. The number of hydrogen-bond acceptors (Lipinski definition) is 4. The average Bonchev–Trinajstić information content (AvgIpc) is 2.87. The molecule has 0 bridgehead atoms. The van der Waals surface area contributed by atoms with Crippen molar-refractivity contribution in [2.75, 3.05) is 6.54 Å². The van der Waals surface area contributed by atoms with Crippen molar-refractivity contribution in [1.82, 2.24) is 4.90 Å². The summed E-state index contributed by atoms with van der Waals surface area (Å²) in [6.45, 7) is 3.93. The summed E-state index contributed by atoms with van der Waals surface area (Å²) in [7, 11) is 0. The number of carbonyl (C=O) groups excluding carboxylic acids is 2. The Bertz CT molecular complexity index is 500. The normalized spacial score (nSPS) is 21.6. The number of nitrogens with zero attached hydrogens (tertiary/aromatic N) is 1. The maximum absolute atomic E-state index is 12.2. The lowest BCUT2D eigenvalue weighted by Crippen LogP contribution is -2.43. The second-order valence-corrected chi connectivity index (χ2v) is 5.64. The molecule has 2 rings (SSSR count). The van der Waals surface area contributed by atoms with E-state index in [1.165, 1.54) is 4.90 Å². The highest BCUT2D eigenvalue weighted by molar-refractivity contribution is 5.86. The van der Waals surface area contributed by atoms with Gasteiger partial charge in [0.15, 0.2) is 0 Å². The van der Waals surface area contributed by atoms with Crippen molar-refractivity contribution in [2.24, 2.45) is 5.92 Å². The Morgan fingerprint density at radius 3 is 2.62 bits per heavy atom. The molecule has 1 saturated heterocycles. The smallest absolute Gasteiger partial charge is 0.329 e. The number of ether oxygens (including phenoxy) is 1. The van der Waals surface area contributed by atoms with Gasteiger partial charge in [0.25, 0.3) is 0 Å². The fourth-order valence-corrected chi connectivity index (χ4v) is 2.44. The lowest BCUT2D eigenvalue weighted by atomic mass is 10.1. The van der Waals surface area contributed by atoms with Crippen molar-refractivity contribution in [1.29, 1.82) is 0 Å². The lowest BCUT2D eigenvalue weighted by molar-refractivity contribution is -0.155. The van der Waals surface area contributed by atoms with Crippen molar-refractivity contribution in [3.8, 4) is 0 Å². The SMILES string of the molecule is CC(C)C(=O)N1C[C@H](O)C[C@H]1C(=O)OCc1ccccc1. The quantitative estimate of drug-likeness (QED) is 0.850. The van der Waals surface area contributed by atoms with Crippen LogP contribution in [0.4, 0.5) is 0 Å². The third kappa shape index (κ3) is 3.82. The summed E-state index contributed by atoms with van der Waals surface area (Å²) in [4.78, 5) is 25.7. The van der Waals surface area contributed by atoms with E-state index in [-0.39, 0.29) is 31.4 Å². The van der Waals surface area contributed by atoms with Crippen molar-refractivity contribution in [2.45, 2.75) is 39.0 Å². The second kappa shape index (κ2) is 6.72. The van der Waals surface area contributed by atoms with E-state index < -0.39 is 18.1 Å². The topological polar surface area (TPSA) is 66.8 Å². The van der Waals surface area contributed by atoms with Crippen molar-refractivity contribution in [3.63, 3.8) is 0 Å². The largest absolute Gasteiger partial charge is 0.459 e. The number of hydrogen-bond donors (Lipinski definition) is 1. The number of carbonyl (C=O) groups is 2. The molecule has 0 radical (unpaired) electrons. The number of rotatable bonds is 4. The number of likely N-dealkylation sites (tertiary alicyclic amines) is 1. The lowest BCUT2D eigenvalue weighted by Gasteiger charge is -2.24. The van der Waals surface area contributed by atoms with Gasteiger partial charge in [-0.2, -0.15) is 0 Å². The molecule has 1 heterocycles. The predicted octanol–water partition coefficient (Wildman–Crippen LogP) is 1.35. The van der Waals surface area contributed by atoms with Crippen LogP contribution >= 0.6 is 0 Å². The summed E-state index contributed by atoms with van der Waals surface area (Å²) < 4.78 is 5.28. The van der Waals surface area contributed by atoms with Crippen LogP contribution in [-0.2, 0) is 20.9 Å². The first-order chi connectivity index (χ1) is 9.99. The van der Waals surface area contributed by atoms with Crippen LogP contribution in [0.25, 0.3) is 0 Å². The monoisotopic (exact) mass is 291 g/mol. The molecule has 2 atom stereocenters. The number of β-amino-alcohol motifs (C(OH)–C–C–N with tert-alkyl or cyclic N) is 1. The van der Waals surface area contributed by atoms with E-state index in [2.05, 4.69) is 0 Å². The van der Waals surface area contributed by atoms with Crippen molar-refractivity contribution >= 4 is 11.9 Å². The number of aliphatic hydroxyl groups excluding tert-OH is 1. The molecule has 1 N–H and O–H groups in total. The van der Waals surface area contributed by atoms with Crippen LogP contribution in [0.2, 0.25) is 0 Å². The van der Waals surface area contributed by atoms with Gasteiger partial charge in [-0.1, -0.05) is 44.2 Å². The maximum atomic E-state index is 12.2. The zero-order valence-corrected chi connectivity index (χ0v) is 12.4. The Kier molecular flexibility index (Phi) is 4.96. The standard InChI is InChI=1S/C16H21NO4/c1-11(2)15(19)17-9-13(18)8-14(17)16(20)21-10-12-6-4-3-5-7-12/h3-7,11,13-14,18H,8-10H2,1-2H3/t13-,14+/m1/s1. The molecule has 5 heteroatoms. The van der Waals surface area contributed by atoms with Gasteiger partial charge in [0.2, 0.25) is 5.91 Å². The highest BCUT2D eigenvalue weighted by atomic mass is 16.5. The van der Waals surface area contributed by atoms with Gasteiger partial charge in [-0.15, -0.1) is 0 Å². The van der Waals surface area contributed by atoms with E-state index in [9.17, 15) is 14.7 Å². The minimum Gasteiger partial charge on any atom is -0.459 e. The molecule has 0 aromatic heterocycles. The molecule has 0 spiro atoms. The van der Waals surface area contributed by atoms with Gasteiger partial charge in [-0.05, 0) is 5.56 Å². The van der Waals surface area contributed by atoms with E-state index in [4.69, 9.17) is 4.74 Å². The Morgan fingerprint density at radius 2 is 2.00 bits per heavy atom. The molecule has 0 aliphatic carbocycles. The van der Waals surface area contributed by atoms with Gasteiger partial charge in [0.05, 0.1) is 6.10 Å². The van der Waals surface area contributed by atoms with Crippen LogP contribution in [0, 0.1) is 5.92 Å². The van der Waals surface area contributed by atoms with Gasteiger partial charge < -0.3 is 14.7 Å². The molecule has 1 aliphatic rings. The van der Waals surface area contributed by atoms with E-state index in [1.54, 1.807) is 13.8 Å². The van der Waals surface area contributed by atoms with E-state index in [0.717, 1.165) is 5.56 Å². The van der Waals surface area contributed by atoms with Crippen LogP contribution in [0.3, 0.4) is 0 Å². The van der Waals surface area contributed by atoms with Crippen LogP contribution in [0.15, 0.2) is 30.3 Å². The molecule has 5 nitrogen and oxygen atoms in total. The molecular weight excluding hydrogens is 270 g/mol. The summed E-state index contributed by atoms with van der Waals surface area (Å²) in [6.07, 6.45) is -0.423. The first kappa shape index (κ1) is 15.5. The van der Waals surface area contributed by atoms with Gasteiger partial charge >= 0.3 is 5.97 Å². The zero-order valence-electron chi connectivity index (χ0n) is 12.4. The Morgan fingerprint density at radius 1 is 1.33 bits per heavy atom. The van der Waals surface area contributed by atoms with Crippen LogP contribution < -0.4 is 0 Å². The Balaban J connectivity index is 1.98. The summed E-state index contributed by atoms with van der Waals surface area (Å²) in [5.41, 5.74) is 0.895. The molecule has 1 amide bonds. The molecule has 1 aromatic rings. The van der Waals surface area contributed by atoms with Crippen LogP contribution in [0.1, 0.15) is 25.8 Å². The van der Waals surface area contributed by atoms with E-state index >= 15 is 0 Å². The fraction of sp³-hybridized carbons (Fsp3) is 0.500. The molecule has 0 unspecified atom stereocenters. The minimum atomic E-state index is -0.682. The zero-order chi connectivity index (χ0) is 15.4. The van der Waals surface area contributed by atoms with Gasteiger partial charge in [-0.25, -0.2) is 4.79 Å². The Labute approximate surface area is 124 Å². The number of amides is 1. The minimum absolute atomic E-state index is 0.131. The Hall–Kier alpha value is -1.88. The van der Waals surface area contributed by atoms with E-state index in [1.807, 2.05) is 30.3 Å². The fourth-order valence-electron chi connectivity index (χ4n) is 2.44. The molecular formula is C16H21NO4. The number of aliphatic hydroxyl groups is 1. The number of benzene rings is 1. The summed E-state index contributed by atoms with van der Waals surface area (Å²) >= 11 is 0. The molecule has 21 heavy (non-hydrogen) atoms. The second-order valence-electron chi connectivity index (χ2n) is 5.64. The predicted molar refractivity (Wildman–Crippen MR) is 77.2 cm³/mol. The first-order valence-corrected chi connectivity index (χ1v) is 7.18. The number of esters is 1.